The van der Waals surface area contributed by atoms with Gasteiger partial charge < -0.3 is 16.6 Å². The summed E-state index contributed by atoms with van der Waals surface area (Å²) in [7, 11) is 0. The van der Waals surface area contributed by atoms with Crippen molar-refractivity contribution in [2.75, 3.05) is 11.5 Å². The maximum Gasteiger partial charge on any atom is 0.0681 e. The fraction of sp³-hybridized carbons (Fsp3) is 0.0769. The van der Waals surface area contributed by atoms with Gasteiger partial charge in [-0.05, 0) is 29.3 Å². The van der Waals surface area contributed by atoms with Gasteiger partial charge in [-0.2, -0.15) is 0 Å². The first-order valence-electron chi connectivity index (χ1n) is 5.06. The van der Waals surface area contributed by atoms with Crippen LogP contribution in [0.5, 0.6) is 0 Å². The highest BCUT2D eigenvalue weighted by Crippen LogP contribution is 2.27. The van der Waals surface area contributed by atoms with E-state index in [1.165, 1.54) is 0 Å². The summed E-state index contributed by atoms with van der Waals surface area (Å²) in [6.07, 6.45) is 0. The van der Waals surface area contributed by atoms with Gasteiger partial charge in [0.2, 0.25) is 0 Å². The fourth-order valence-corrected chi connectivity index (χ4v) is 1.61. The molecule has 0 bridgehead atoms. The Balaban J connectivity index is 2.45. The van der Waals surface area contributed by atoms with E-state index in [0.29, 0.717) is 11.4 Å². The molecule has 0 fully saturated rings. The summed E-state index contributed by atoms with van der Waals surface area (Å²) in [6.45, 7) is 0.0483. The van der Waals surface area contributed by atoms with E-state index in [9.17, 15) is 0 Å². The molecule has 82 valence electrons. The van der Waals surface area contributed by atoms with Crippen LogP contribution in [0.25, 0.3) is 11.1 Å². The highest BCUT2D eigenvalue weighted by atomic mass is 16.3. The monoisotopic (exact) mass is 214 g/mol. The van der Waals surface area contributed by atoms with Gasteiger partial charge in [-0.15, -0.1) is 0 Å². The van der Waals surface area contributed by atoms with Crippen LogP contribution in [0.1, 0.15) is 5.56 Å². The maximum atomic E-state index is 8.95. The van der Waals surface area contributed by atoms with Gasteiger partial charge in [0, 0.05) is 16.9 Å². The average Bonchev–Trinajstić information content (AvgIpc) is 2.32. The van der Waals surface area contributed by atoms with Gasteiger partial charge in [-0.25, -0.2) is 0 Å². The number of hydrogen-bond acceptors (Lipinski definition) is 3. The van der Waals surface area contributed by atoms with Gasteiger partial charge in [-0.3, -0.25) is 0 Å². The number of nitrogen functional groups attached to an aromatic ring is 2. The minimum absolute atomic E-state index is 0.0483. The quantitative estimate of drug-likeness (QED) is 0.669. The molecule has 0 amide bonds. The van der Waals surface area contributed by atoms with Gasteiger partial charge in [0.15, 0.2) is 0 Å². The van der Waals surface area contributed by atoms with Gasteiger partial charge in [0.1, 0.15) is 0 Å². The number of rotatable bonds is 2. The van der Waals surface area contributed by atoms with Crippen LogP contribution in [0.2, 0.25) is 0 Å². The topological polar surface area (TPSA) is 72.3 Å². The number of hydrogen-bond donors (Lipinski definition) is 3. The molecular formula is C13H14N2O. The largest absolute Gasteiger partial charge is 0.399 e. The third-order valence-corrected chi connectivity index (χ3v) is 2.52. The van der Waals surface area contributed by atoms with Crippen LogP contribution in [-0.2, 0) is 6.61 Å². The molecule has 0 heterocycles. The Kier molecular flexibility index (Phi) is 2.79. The molecule has 0 saturated carbocycles. The Morgan fingerprint density at radius 2 is 1.62 bits per heavy atom. The Labute approximate surface area is 94.3 Å². The molecule has 0 radical (unpaired) electrons. The lowest BCUT2D eigenvalue weighted by molar-refractivity contribution is 0.282. The van der Waals surface area contributed by atoms with Crippen molar-refractivity contribution in [3.8, 4) is 11.1 Å². The van der Waals surface area contributed by atoms with Crippen LogP contribution in [-0.4, -0.2) is 5.11 Å². The van der Waals surface area contributed by atoms with E-state index in [2.05, 4.69) is 0 Å². The van der Waals surface area contributed by atoms with Crippen LogP contribution in [0, 0.1) is 0 Å². The minimum Gasteiger partial charge on any atom is -0.399 e. The van der Waals surface area contributed by atoms with Crippen molar-refractivity contribution in [3.05, 3.63) is 48.0 Å². The van der Waals surface area contributed by atoms with E-state index < -0.39 is 0 Å². The Morgan fingerprint density at radius 3 is 2.25 bits per heavy atom. The van der Waals surface area contributed by atoms with E-state index in [0.717, 1.165) is 16.7 Å². The highest BCUT2D eigenvalue weighted by molar-refractivity contribution is 5.79. The number of anilines is 2. The van der Waals surface area contributed by atoms with Crippen LogP contribution in [0.3, 0.4) is 0 Å². The lowest BCUT2D eigenvalue weighted by Gasteiger charge is -2.07. The van der Waals surface area contributed by atoms with Crippen molar-refractivity contribution < 1.29 is 5.11 Å². The summed E-state index contributed by atoms with van der Waals surface area (Å²) in [5, 5.41) is 8.95. The predicted molar refractivity (Wildman–Crippen MR) is 66.6 cm³/mol. The van der Waals surface area contributed by atoms with Crippen LogP contribution in [0.4, 0.5) is 11.4 Å². The Hall–Kier alpha value is -2.00. The minimum atomic E-state index is 0.0483. The lowest BCUT2D eigenvalue weighted by atomic mass is 10.0. The molecule has 0 atom stereocenters. The fourth-order valence-electron chi connectivity index (χ4n) is 1.61. The molecule has 2 aromatic rings. The zero-order valence-electron chi connectivity index (χ0n) is 8.85. The van der Waals surface area contributed by atoms with Crippen LogP contribution >= 0.6 is 0 Å². The van der Waals surface area contributed by atoms with Crippen molar-refractivity contribution in [1.82, 2.24) is 0 Å². The molecule has 0 aromatic heterocycles. The summed E-state index contributed by atoms with van der Waals surface area (Å²) >= 11 is 0. The van der Waals surface area contributed by atoms with Crippen molar-refractivity contribution in [2.24, 2.45) is 0 Å². The highest BCUT2D eigenvalue weighted by Gasteiger charge is 2.02. The van der Waals surface area contributed by atoms with Crippen LogP contribution < -0.4 is 11.5 Å². The molecular weight excluding hydrogens is 200 g/mol. The number of benzene rings is 2. The zero-order valence-corrected chi connectivity index (χ0v) is 8.85. The summed E-state index contributed by atoms with van der Waals surface area (Å²) in [5.74, 6) is 0. The van der Waals surface area contributed by atoms with E-state index >= 15 is 0 Å². The van der Waals surface area contributed by atoms with Crippen LogP contribution in [0.15, 0.2) is 42.5 Å². The third kappa shape index (κ3) is 1.99. The molecule has 3 nitrogen and oxygen atoms in total. The molecule has 5 N–H and O–H groups in total. The van der Waals surface area contributed by atoms with Gasteiger partial charge >= 0.3 is 0 Å². The van der Waals surface area contributed by atoms with E-state index in [4.69, 9.17) is 16.6 Å². The van der Waals surface area contributed by atoms with E-state index in [-0.39, 0.29) is 6.61 Å². The summed E-state index contributed by atoms with van der Waals surface area (Å²) in [6, 6.07) is 13.0. The van der Waals surface area contributed by atoms with Crippen molar-refractivity contribution in [1.29, 1.82) is 0 Å². The van der Waals surface area contributed by atoms with E-state index in [1.54, 1.807) is 12.1 Å². The molecule has 16 heavy (non-hydrogen) atoms. The number of aliphatic hydroxyl groups is 1. The first-order chi connectivity index (χ1) is 7.70. The molecule has 0 unspecified atom stereocenters. The maximum absolute atomic E-state index is 8.95. The molecule has 0 aliphatic heterocycles. The van der Waals surface area contributed by atoms with Crippen molar-refractivity contribution >= 4 is 11.4 Å². The molecule has 2 rings (SSSR count). The standard InChI is InChI=1S/C13H14N2O/c14-11-5-6-13(15)12(7-11)10-3-1-9(8-16)2-4-10/h1-7,16H,8,14-15H2. The van der Waals surface area contributed by atoms with Crippen molar-refractivity contribution in [2.45, 2.75) is 6.61 Å². The second kappa shape index (κ2) is 4.24. The first kappa shape index (κ1) is 10.5. The normalized spacial score (nSPS) is 10.3. The Bertz CT molecular complexity index is 492. The summed E-state index contributed by atoms with van der Waals surface area (Å²) < 4.78 is 0. The second-order valence-corrected chi connectivity index (χ2v) is 3.70. The molecule has 0 spiro atoms. The summed E-state index contributed by atoms with van der Waals surface area (Å²) in [4.78, 5) is 0. The van der Waals surface area contributed by atoms with Gasteiger partial charge in [-0.1, -0.05) is 24.3 Å². The lowest BCUT2D eigenvalue weighted by Crippen LogP contribution is -1.93. The predicted octanol–water partition coefficient (Wildman–Crippen LogP) is 2.01. The molecule has 2 aromatic carbocycles. The van der Waals surface area contributed by atoms with Gasteiger partial charge in [0.25, 0.3) is 0 Å². The first-order valence-corrected chi connectivity index (χ1v) is 5.06. The molecule has 3 heteroatoms. The average molecular weight is 214 g/mol. The smallest absolute Gasteiger partial charge is 0.0681 e. The molecule has 0 aliphatic rings. The van der Waals surface area contributed by atoms with Gasteiger partial charge in [0.05, 0.1) is 6.61 Å². The van der Waals surface area contributed by atoms with Crippen molar-refractivity contribution in [3.63, 3.8) is 0 Å². The number of aliphatic hydroxyl groups excluding tert-OH is 1. The molecule has 0 saturated heterocycles. The number of nitrogens with two attached hydrogens (primary N) is 2. The third-order valence-electron chi connectivity index (χ3n) is 2.52. The molecule has 0 aliphatic carbocycles. The second-order valence-electron chi connectivity index (χ2n) is 3.70. The summed E-state index contributed by atoms with van der Waals surface area (Å²) in [5.41, 5.74) is 15.8. The SMILES string of the molecule is Nc1ccc(N)c(-c2ccc(CO)cc2)c1. The van der Waals surface area contributed by atoms with E-state index in [1.807, 2.05) is 30.3 Å². The zero-order chi connectivity index (χ0) is 11.5. The Morgan fingerprint density at radius 1 is 0.938 bits per heavy atom.